The number of rotatable bonds is 4. The second kappa shape index (κ2) is 6.39. The van der Waals surface area contributed by atoms with Gasteiger partial charge in [-0.15, -0.1) is 0 Å². The van der Waals surface area contributed by atoms with Crippen LogP contribution in [-0.4, -0.2) is 13.0 Å². The van der Waals surface area contributed by atoms with Crippen LogP contribution in [0.2, 0.25) is 5.02 Å². The van der Waals surface area contributed by atoms with Gasteiger partial charge in [0.25, 0.3) is 5.91 Å². The van der Waals surface area contributed by atoms with Crippen molar-refractivity contribution < 1.29 is 13.9 Å². The number of ether oxygens (including phenoxy) is 1. The summed E-state index contributed by atoms with van der Waals surface area (Å²) in [6.07, 6.45) is 0. The number of hydrogen-bond acceptors (Lipinski definition) is 2. The van der Waals surface area contributed by atoms with Crippen LogP contribution >= 0.6 is 11.6 Å². The number of para-hydroxylation sites is 1. The third-order valence-electron chi connectivity index (χ3n) is 2.80. The Kier molecular flexibility index (Phi) is 4.58. The molecule has 0 unspecified atom stereocenters. The molecule has 2 aromatic rings. The lowest BCUT2D eigenvalue weighted by molar-refractivity contribution is 0.0950. The summed E-state index contributed by atoms with van der Waals surface area (Å²) in [6, 6.07) is 11.0. The van der Waals surface area contributed by atoms with Gasteiger partial charge in [0.05, 0.1) is 17.7 Å². The van der Waals surface area contributed by atoms with Crippen molar-refractivity contribution >= 4 is 17.5 Å². The predicted molar refractivity (Wildman–Crippen MR) is 75.6 cm³/mol. The lowest BCUT2D eigenvalue weighted by Gasteiger charge is -2.10. The van der Waals surface area contributed by atoms with E-state index in [1.54, 1.807) is 13.2 Å². The zero-order valence-corrected chi connectivity index (χ0v) is 11.6. The topological polar surface area (TPSA) is 38.3 Å². The molecule has 0 heterocycles. The summed E-state index contributed by atoms with van der Waals surface area (Å²) in [5.74, 6) is -0.254. The van der Waals surface area contributed by atoms with Crippen molar-refractivity contribution in [2.45, 2.75) is 6.54 Å². The van der Waals surface area contributed by atoms with Crippen molar-refractivity contribution in [1.29, 1.82) is 0 Å². The van der Waals surface area contributed by atoms with Crippen LogP contribution in [0, 0.1) is 5.82 Å². The number of amides is 1. The number of benzene rings is 2. The maximum absolute atomic E-state index is 13.1. The molecule has 0 bridgehead atoms. The van der Waals surface area contributed by atoms with Gasteiger partial charge < -0.3 is 10.1 Å². The molecule has 0 radical (unpaired) electrons. The monoisotopic (exact) mass is 293 g/mol. The summed E-state index contributed by atoms with van der Waals surface area (Å²) in [4.78, 5) is 12.0. The first-order valence-electron chi connectivity index (χ1n) is 5.97. The van der Waals surface area contributed by atoms with Gasteiger partial charge in [-0.1, -0.05) is 29.8 Å². The Morgan fingerprint density at radius 3 is 2.80 bits per heavy atom. The average Bonchev–Trinajstić information content (AvgIpc) is 2.47. The van der Waals surface area contributed by atoms with E-state index >= 15 is 0 Å². The number of carbonyl (C=O) groups excluding carboxylic acids is 1. The lowest BCUT2D eigenvalue weighted by Crippen LogP contribution is -2.23. The molecule has 0 atom stereocenters. The Labute approximate surface area is 121 Å². The zero-order chi connectivity index (χ0) is 14.5. The van der Waals surface area contributed by atoms with Crippen LogP contribution in [0.4, 0.5) is 4.39 Å². The van der Waals surface area contributed by atoms with E-state index in [0.29, 0.717) is 5.75 Å². The second-order valence-electron chi connectivity index (χ2n) is 4.12. The van der Waals surface area contributed by atoms with Crippen molar-refractivity contribution in [3.63, 3.8) is 0 Å². The van der Waals surface area contributed by atoms with E-state index in [4.69, 9.17) is 16.3 Å². The highest BCUT2D eigenvalue weighted by molar-refractivity contribution is 6.33. The third kappa shape index (κ3) is 3.27. The van der Waals surface area contributed by atoms with E-state index in [0.717, 1.165) is 11.6 Å². The Balaban J connectivity index is 2.11. The van der Waals surface area contributed by atoms with Gasteiger partial charge in [0.1, 0.15) is 11.6 Å². The standard InChI is InChI=1S/C15H13ClFNO2/c1-20-14-5-3-2-4-10(14)9-18-15(19)12-8-11(17)6-7-13(12)16/h2-8H,9H2,1H3,(H,18,19). The van der Waals surface area contributed by atoms with Gasteiger partial charge in [0, 0.05) is 12.1 Å². The largest absolute Gasteiger partial charge is 0.496 e. The van der Waals surface area contributed by atoms with Crippen molar-refractivity contribution in [3.05, 3.63) is 64.4 Å². The van der Waals surface area contributed by atoms with Gasteiger partial charge in [0.2, 0.25) is 0 Å². The van der Waals surface area contributed by atoms with Crippen molar-refractivity contribution in [2.24, 2.45) is 0 Å². The predicted octanol–water partition coefficient (Wildman–Crippen LogP) is 3.42. The van der Waals surface area contributed by atoms with Crippen LogP contribution in [0.25, 0.3) is 0 Å². The highest BCUT2D eigenvalue weighted by atomic mass is 35.5. The summed E-state index contributed by atoms with van der Waals surface area (Å²) < 4.78 is 18.3. The Morgan fingerprint density at radius 2 is 2.05 bits per heavy atom. The molecule has 0 fully saturated rings. The molecule has 104 valence electrons. The normalized spacial score (nSPS) is 10.2. The molecule has 0 saturated heterocycles. The number of hydrogen-bond donors (Lipinski definition) is 1. The minimum absolute atomic E-state index is 0.113. The minimum Gasteiger partial charge on any atom is -0.496 e. The molecule has 3 nitrogen and oxygen atoms in total. The Bertz CT molecular complexity index is 631. The highest BCUT2D eigenvalue weighted by Crippen LogP contribution is 2.19. The van der Waals surface area contributed by atoms with Crippen LogP contribution in [0.3, 0.4) is 0 Å². The van der Waals surface area contributed by atoms with Gasteiger partial charge >= 0.3 is 0 Å². The molecule has 2 aromatic carbocycles. The summed E-state index contributed by atoms with van der Waals surface area (Å²) in [6.45, 7) is 0.274. The van der Waals surface area contributed by atoms with Crippen LogP contribution in [0.15, 0.2) is 42.5 Å². The number of nitrogens with one attached hydrogen (secondary N) is 1. The van der Waals surface area contributed by atoms with Crippen LogP contribution < -0.4 is 10.1 Å². The van der Waals surface area contributed by atoms with Gasteiger partial charge in [-0.05, 0) is 24.3 Å². The SMILES string of the molecule is COc1ccccc1CNC(=O)c1cc(F)ccc1Cl. The molecule has 0 aliphatic rings. The maximum Gasteiger partial charge on any atom is 0.253 e. The molecule has 0 saturated carbocycles. The van der Waals surface area contributed by atoms with E-state index in [9.17, 15) is 9.18 Å². The number of halogens is 2. The second-order valence-corrected chi connectivity index (χ2v) is 4.53. The molecule has 1 amide bonds. The van der Waals surface area contributed by atoms with Gasteiger partial charge in [0.15, 0.2) is 0 Å². The molecule has 0 aliphatic carbocycles. The first kappa shape index (κ1) is 14.3. The first-order valence-corrected chi connectivity index (χ1v) is 6.34. The van der Waals surface area contributed by atoms with Crippen LogP contribution in [-0.2, 0) is 6.54 Å². The van der Waals surface area contributed by atoms with Crippen LogP contribution in [0.1, 0.15) is 15.9 Å². The smallest absolute Gasteiger partial charge is 0.253 e. The van der Waals surface area contributed by atoms with E-state index in [1.807, 2.05) is 18.2 Å². The fourth-order valence-corrected chi connectivity index (χ4v) is 1.99. The molecule has 1 N–H and O–H groups in total. The summed E-state index contributed by atoms with van der Waals surface area (Å²) in [7, 11) is 1.56. The lowest BCUT2D eigenvalue weighted by atomic mass is 10.1. The first-order chi connectivity index (χ1) is 9.61. The summed E-state index contributed by atoms with van der Waals surface area (Å²) in [5.41, 5.74) is 0.942. The molecule has 20 heavy (non-hydrogen) atoms. The van der Waals surface area contributed by atoms with E-state index in [1.165, 1.54) is 12.1 Å². The van der Waals surface area contributed by atoms with Crippen molar-refractivity contribution in [2.75, 3.05) is 7.11 Å². The molecule has 0 aromatic heterocycles. The van der Waals surface area contributed by atoms with E-state index in [-0.39, 0.29) is 17.1 Å². The molecular formula is C15H13ClFNO2. The quantitative estimate of drug-likeness (QED) is 0.938. The van der Waals surface area contributed by atoms with Gasteiger partial charge in [-0.3, -0.25) is 4.79 Å². The van der Waals surface area contributed by atoms with Crippen LogP contribution in [0.5, 0.6) is 5.75 Å². The average molecular weight is 294 g/mol. The molecule has 0 aliphatic heterocycles. The minimum atomic E-state index is -0.503. The highest BCUT2D eigenvalue weighted by Gasteiger charge is 2.12. The zero-order valence-electron chi connectivity index (χ0n) is 10.8. The maximum atomic E-state index is 13.1. The third-order valence-corrected chi connectivity index (χ3v) is 3.13. The fraction of sp³-hybridized carbons (Fsp3) is 0.133. The molecule has 5 heteroatoms. The summed E-state index contributed by atoms with van der Waals surface area (Å²) >= 11 is 5.88. The molecule has 2 rings (SSSR count). The van der Waals surface area contributed by atoms with Gasteiger partial charge in [-0.25, -0.2) is 4.39 Å². The van der Waals surface area contributed by atoms with E-state index < -0.39 is 11.7 Å². The molecule has 0 spiro atoms. The van der Waals surface area contributed by atoms with Gasteiger partial charge in [-0.2, -0.15) is 0 Å². The van der Waals surface area contributed by atoms with Crippen molar-refractivity contribution in [1.82, 2.24) is 5.32 Å². The Hall–Kier alpha value is -2.07. The number of carbonyl (C=O) groups is 1. The summed E-state index contributed by atoms with van der Waals surface area (Å²) in [5, 5.41) is 2.90. The Morgan fingerprint density at radius 1 is 1.30 bits per heavy atom. The van der Waals surface area contributed by atoms with E-state index in [2.05, 4.69) is 5.32 Å². The van der Waals surface area contributed by atoms with Crippen molar-refractivity contribution in [3.8, 4) is 5.75 Å². The molecular weight excluding hydrogens is 281 g/mol. The fourth-order valence-electron chi connectivity index (χ4n) is 1.79. The number of methoxy groups -OCH3 is 1.